The molecule has 0 saturated heterocycles. The van der Waals surface area contributed by atoms with E-state index >= 15 is 0 Å². The first-order valence-electron chi connectivity index (χ1n) is 10.1. The fourth-order valence-electron chi connectivity index (χ4n) is 3.51. The molecule has 7 heteroatoms. The van der Waals surface area contributed by atoms with Crippen LogP contribution >= 0.6 is 11.6 Å². The highest BCUT2D eigenvalue weighted by Gasteiger charge is 2.31. The molecule has 160 valence electrons. The molecule has 1 aliphatic rings. The van der Waals surface area contributed by atoms with Crippen molar-refractivity contribution in [2.45, 2.75) is 37.5 Å². The second kappa shape index (κ2) is 8.09. The van der Waals surface area contributed by atoms with Gasteiger partial charge in [0.2, 0.25) is 0 Å². The largest absolute Gasteiger partial charge is 0.267 e. The van der Waals surface area contributed by atoms with Crippen molar-refractivity contribution in [3.05, 3.63) is 82.5 Å². The lowest BCUT2D eigenvalue weighted by Gasteiger charge is -2.19. The maximum absolute atomic E-state index is 12.7. The number of fused-ring (bicyclic) bond motifs is 1. The van der Waals surface area contributed by atoms with Gasteiger partial charge in [0.05, 0.1) is 15.6 Å². The third-order valence-corrected chi connectivity index (χ3v) is 6.96. The van der Waals surface area contributed by atoms with Gasteiger partial charge in [-0.2, -0.15) is 0 Å². The van der Waals surface area contributed by atoms with Crippen LogP contribution in [0, 0.1) is 0 Å². The molecule has 1 N–H and O–H groups in total. The van der Waals surface area contributed by atoms with Crippen LogP contribution in [0.3, 0.4) is 0 Å². The lowest BCUT2D eigenvalue weighted by atomic mass is 9.86. The summed E-state index contributed by atoms with van der Waals surface area (Å²) >= 11 is 6.22. The summed E-state index contributed by atoms with van der Waals surface area (Å²) in [5, 5.41) is 0.470. The van der Waals surface area contributed by atoms with Gasteiger partial charge in [0.1, 0.15) is 5.84 Å². The normalized spacial score (nSPS) is 16.2. The second-order valence-electron chi connectivity index (χ2n) is 8.58. The lowest BCUT2D eigenvalue weighted by molar-refractivity contribution is 0.590. The number of halogens is 1. The van der Waals surface area contributed by atoms with E-state index in [2.05, 4.69) is 59.7 Å². The van der Waals surface area contributed by atoms with Gasteiger partial charge >= 0.3 is 0 Å². The molecule has 0 fully saturated rings. The summed E-state index contributed by atoms with van der Waals surface area (Å²) in [5.41, 5.74) is 4.32. The molecule has 3 aromatic rings. The SMILES string of the molecule is CC(C)(C)c1ccc(CCN=C2NS(=O)(=O)c3cc(-c4ncccc4Cl)ccc32)cc1. The Morgan fingerprint density at radius 1 is 1.06 bits per heavy atom. The quantitative estimate of drug-likeness (QED) is 0.605. The molecule has 0 saturated carbocycles. The minimum atomic E-state index is -3.67. The van der Waals surface area contributed by atoms with Crippen molar-refractivity contribution in [2.24, 2.45) is 4.99 Å². The van der Waals surface area contributed by atoms with Crippen molar-refractivity contribution in [3.63, 3.8) is 0 Å². The van der Waals surface area contributed by atoms with E-state index in [0.29, 0.717) is 34.2 Å². The molecule has 4 rings (SSSR count). The zero-order valence-corrected chi connectivity index (χ0v) is 19.3. The molecule has 5 nitrogen and oxygen atoms in total. The first-order chi connectivity index (χ1) is 14.6. The van der Waals surface area contributed by atoms with Crippen LogP contribution in [0.2, 0.25) is 5.02 Å². The molecular formula is C24H24ClN3O2S. The Kier molecular flexibility index (Phi) is 5.62. The first-order valence-corrected chi connectivity index (χ1v) is 11.9. The van der Waals surface area contributed by atoms with Gasteiger partial charge in [-0.3, -0.25) is 14.7 Å². The molecule has 0 atom stereocenters. The van der Waals surface area contributed by atoms with Crippen LogP contribution in [0.4, 0.5) is 0 Å². The van der Waals surface area contributed by atoms with Crippen molar-refractivity contribution in [2.75, 3.05) is 6.54 Å². The molecule has 2 heterocycles. The molecule has 1 aromatic heterocycles. The predicted molar refractivity (Wildman–Crippen MR) is 125 cm³/mol. The van der Waals surface area contributed by atoms with Gasteiger partial charge in [-0.1, -0.05) is 62.7 Å². The van der Waals surface area contributed by atoms with Crippen LogP contribution < -0.4 is 4.72 Å². The Bertz CT molecular complexity index is 1260. The fourth-order valence-corrected chi connectivity index (χ4v) is 5.01. The van der Waals surface area contributed by atoms with Gasteiger partial charge < -0.3 is 0 Å². The highest BCUT2D eigenvalue weighted by Crippen LogP contribution is 2.31. The number of amidine groups is 1. The van der Waals surface area contributed by atoms with Crippen LogP contribution in [0.1, 0.15) is 37.5 Å². The maximum Gasteiger partial charge on any atom is 0.263 e. The van der Waals surface area contributed by atoms with E-state index in [1.54, 1.807) is 30.5 Å². The zero-order chi connectivity index (χ0) is 22.2. The van der Waals surface area contributed by atoms with Gasteiger partial charge in [0, 0.05) is 23.9 Å². The Morgan fingerprint density at radius 2 is 1.81 bits per heavy atom. The van der Waals surface area contributed by atoms with Crippen LogP contribution in [-0.4, -0.2) is 25.8 Å². The number of rotatable bonds is 4. The minimum Gasteiger partial charge on any atom is -0.267 e. The maximum atomic E-state index is 12.7. The molecule has 1 aliphatic heterocycles. The number of pyridine rings is 1. The van der Waals surface area contributed by atoms with E-state index in [0.717, 1.165) is 6.42 Å². The third-order valence-electron chi connectivity index (χ3n) is 5.28. The first kappa shape index (κ1) is 21.5. The summed E-state index contributed by atoms with van der Waals surface area (Å²) < 4.78 is 27.9. The van der Waals surface area contributed by atoms with Crippen LogP contribution in [0.25, 0.3) is 11.3 Å². The summed E-state index contributed by atoms with van der Waals surface area (Å²) in [7, 11) is -3.67. The third kappa shape index (κ3) is 4.50. The number of benzene rings is 2. The van der Waals surface area contributed by atoms with Crippen molar-refractivity contribution in [3.8, 4) is 11.3 Å². The van der Waals surface area contributed by atoms with Crippen LogP contribution in [-0.2, 0) is 21.9 Å². The molecule has 0 radical (unpaired) electrons. The average Bonchev–Trinajstić information content (AvgIpc) is 2.98. The van der Waals surface area contributed by atoms with Crippen molar-refractivity contribution < 1.29 is 8.42 Å². The Morgan fingerprint density at radius 3 is 2.48 bits per heavy atom. The van der Waals surface area contributed by atoms with E-state index in [1.165, 1.54) is 11.1 Å². The molecule has 0 spiro atoms. The average molecular weight is 454 g/mol. The number of aliphatic imine (C=N–C) groups is 1. The molecule has 0 bridgehead atoms. The number of hydrogen-bond donors (Lipinski definition) is 1. The van der Waals surface area contributed by atoms with Crippen molar-refractivity contribution in [1.29, 1.82) is 0 Å². The molecule has 0 unspecified atom stereocenters. The monoisotopic (exact) mass is 453 g/mol. The summed E-state index contributed by atoms with van der Waals surface area (Å²) in [6, 6.07) is 17.1. The lowest BCUT2D eigenvalue weighted by Crippen LogP contribution is -2.22. The number of sulfonamides is 1. The van der Waals surface area contributed by atoms with Gasteiger partial charge in [-0.05, 0) is 47.2 Å². The topological polar surface area (TPSA) is 71.4 Å². The van der Waals surface area contributed by atoms with Crippen LogP contribution in [0.5, 0.6) is 0 Å². The summed E-state index contributed by atoms with van der Waals surface area (Å²) in [6.07, 6.45) is 2.36. The molecule has 31 heavy (non-hydrogen) atoms. The van der Waals surface area contributed by atoms with Crippen molar-refractivity contribution in [1.82, 2.24) is 9.71 Å². The summed E-state index contributed by atoms with van der Waals surface area (Å²) in [4.78, 5) is 8.99. The molecule has 0 aliphatic carbocycles. The number of aromatic nitrogens is 1. The summed E-state index contributed by atoms with van der Waals surface area (Å²) in [5.74, 6) is 0.375. The Hall–Kier alpha value is -2.70. The molecular weight excluding hydrogens is 430 g/mol. The number of nitrogens with one attached hydrogen (secondary N) is 1. The zero-order valence-electron chi connectivity index (χ0n) is 17.7. The standard InChI is InChI=1S/C24H24ClN3O2S/c1-24(2,3)18-9-6-16(7-10-18)12-14-27-23-19-11-8-17(15-21(19)31(29,30)28-23)22-20(25)5-4-13-26-22/h4-11,13,15H,12,14H2,1-3H3,(H,27,28). The van der Waals surface area contributed by atoms with Crippen LogP contribution in [0.15, 0.2) is 70.7 Å². The highest BCUT2D eigenvalue weighted by molar-refractivity contribution is 7.90. The fraction of sp³-hybridized carbons (Fsp3) is 0.250. The molecule has 0 amide bonds. The van der Waals surface area contributed by atoms with Gasteiger partial charge in [-0.25, -0.2) is 8.42 Å². The minimum absolute atomic E-state index is 0.114. The Balaban J connectivity index is 1.55. The second-order valence-corrected chi connectivity index (χ2v) is 10.6. The summed E-state index contributed by atoms with van der Waals surface area (Å²) in [6.45, 7) is 7.04. The molecule has 2 aromatic carbocycles. The van der Waals surface area contributed by atoms with E-state index in [-0.39, 0.29) is 10.3 Å². The predicted octanol–water partition coefficient (Wildman–Crippen LogP) is 4.98. The van der Waals surface area contributed by atoms with E-state index < -0.39 is 10.0 Å². The van der Waals surface area contributed by atoms with E-state index in [1.807, 2.05) is 6.07 Å². The smallest absolute Gasteiger partial charge is 0.263 e. The van der Waals surface area contributed by atoms with E-state index in [9.17, 15) is 8.42 Å². The van der Waals surface area contributed by atoms with Gasteiger partial charge in [0.25, 0.3) is 10.0 Å². The van der Waals surface area contributed by atoms with Gasteiger partial charge in [-0.15, -0.1) is 0 Å². The van der Waals surface area contributed by atoms with Gasteiger partial charge in [0.15, 0.2) is 0 Å². The van der Waals surface area contributed by atoms with Crippen molar-refractivity contribution >= 4 is 27.5 Å². The Labute approximate surface area is 188 Å². The number of hydrogen-bond acceptors (Lipinski definition) is 4. The highest BCUT2D eigenvalue weighted by atomic mass is 35.5. The number of nitrogens with zero attached hydrogens (tertiary/aromatic N) is 2. The van der Waals surface area contributed by atoms with E-state index in [4.69, 9.17) is 11.6 Å².